The predicted octanol–water partition coefficient (Wildman–Crippen LogP) is 2.36. The summed E-state index contributed by atoms with van der Waals surface area (Å²) in [5, 5.41) is 7.96. The Morgan fingerprint density at radius 3 is 3.05 bits per heavy atom. The molecule has 0 amide bonds. The van der Waals surface area contributed by atoms with Gasteiger partial charge in [0.15, 0.2) is 0 Å². The molecule has 0 saturated carbocycles. The van der Waals surface area contributed by atoms with E-state index in [2.05, 4.69) is 43.8 Å². The summed E-state index contributed by atoms with van der Waals surface area (Å²) < 4.78 is 2.93. The average molecular weight is 342 g/mol. The summed E-state index contributed by atoms with van der Waals surface area (Å²) in [4.78, 5) is 1.20. The van der Waals surface area contributed by atoms with Crippen LogP contribution in [0.25, 0.3) is 0 Å². The van der Waals surface area contributed by atoms with E-state index in [-0.39, 0.29) is 6.04 Å². The molecule has 1 atom stereocenters. The monoisotopic (exact) mass is 341 g/mol. The number of benzene rings is 1. The number of aryl methyl sites for hydroxylation is 1. The van der Waals surface area contributed by atoms with Gasteiger partial charge in [0.25, 0.3) is 0 Å². The highest BCUT2D eigenvalue weighted by atomic mass is 79.9. The van der Waals surface area contributed by atoms with Crippen LogP contribution in [0, 0.1) is 0 Å². The van der Waals surface area contributed by atoms with Crippen LogP contribution in [0.3, 0.4) is 0 Å². The first-order valence-electron chi connectivity index (χ1n) is 5.97. The molecule has 102 valence electrons. The summed E-state index contributed by atoms with van der Waals surface area (Å²) >= 11 is 5.21. The fourth-order valence-electron chi connectivity index (χ4n) is 1.74. The van der Waals surface area contributed by atoms with Crippen LogP contribution >= 0.6 is 27.7 Å². The van der Waals surface area contributed by atoms with Crippen molar-refractivity contribution in [1.29, 1.82) is 0 Å². The van der Waals surface area contributed by atoms with Crippen molar-refractivity contribution in [2.75, 3.05) is 5.75 Å². The van der Waals surface area contributed by atoms with Crippen LogP contribution in [0.4, 0.5) is 0 Å². The van der Waals surface area contributed by atoms with Gasteiger partial charge < -0.3 is 0 Å². The van der Waals surface area contributed by atoms with Crippen molar-refractivity contribution < 1.29 is 0 Å². The van der Waals surface area contributed by atoms with Crippen LogP contribution in [0.1, 0.15) is 18.7 Å². The van der Waals surface area contributed by atoms with Crippen molar-refractivity contribution in [3.63, 3.8) is 0 Å². The van der Waals surface area contributed by atoms with Crippen molar-refractivity contribution >= 4 is 27.7 Å². The first kappa shape index (κ1) is 14.5. The van der Waals surface area contributed by atoms with E-state index < -0.39 is 0 Å². The van der Waals surface area contributed by atoms with Crippen molar-refractivity contribution in [2.24, 2.45) is 5.84 Å². The van der Waals surface area contributed by atoms with E-state index in [1.807, 2.05) is 23.7 Å². The molecule has 3 N–H and O–H groups in total. The lowest BCUT2D eigenvalue weighted by Crippen LogP contribution is -2.31. The maximum atomic E-state index is 5.64. The number of halogens is 1. The van der Waals surface area contributed by atoms with Gasteiger partial charge in [-0.15, -0.1) is 16.9 Å². The molecular formula is C12H16BrN5S. The molecule has 0 bridgehead atoms. The van der Waals surface area contributed by atoms with Gasteiger partial charge in [0.2, 0.25) is 0 Å². The number of hydrogen-bond donors (Lipinski definition) is 2. The minimum Gasteiger partial charge on any atom is -0.271 e. The zero-order valence-electron chi connectivity index (χ0n) is 10.6. The normalized spacial score (nSPS) is 12.6. The van der Waals surface area contributed by atoms with Gasteiger partial charge >= 0.3 is 0 Å². The van der Waals surface area contributed by atoms with Crippen LogP contribution in [0.15, 0.2) is 39.8 Å². The molecule has 0 aliphatic rings. The number of nitrogens with one attached hydrogen (secondary N) is 1. The SMILES string of the molecule is CCn1nncc1C(CSc1cccc(Br)c1)NN. The number of hydrogen-bond acceptors (Lipinski definition) is 5. The summed E-state index contributed by atoms with van der Waals surface area (Å²) in [7, 11) is 0. The Labute approximate surface area is 125 Å². The lowest BCUT2D eigenvalue weighted by atomic mass is 10.2. The van der Waals surface area contributed by atoms with E-state index in [9.17, 15) is 0 Å². The second-order valence-corrected chi connectivity index (χ2v) is 5.97. The summed E-state index contributed by atoms with van der Waals surface area (Å²) in [6, 6.07) is 8.24. The quantitative estimate of drug-likeness (QED) is 0.479. The smallest absolute Gasteiger partial charge is 0.0778 e. The number of nitrogens with two attached hydrogens (primary N) is 1. The average Bonchev–Trinajstić information content (AvgIpc) is 2.88. The fourth-order valence-corrected chi connectivity index (χ4v) is 3.30. The number of aromatic nitrogens is 3. The van der Waals surface area contributed by atoms with Gasteiger partial charge in [0, 0.05) is 21.7 Å². The van der Waals surface area contributed by atoms with Gasteiger partial charge in [-0.3, -0.25) is 11.3 Å². The topological polar surface area (TPSA) is 68.8 Å². The molecule has 1 aromatic heterocycles. The van der Waals surface area contributed by atoms with E-state index in [0.29, 0.717) is 0 Å². The summed E-state index contributed by atoms with van der Waals surface area (Å²) in [6.45, 7) is 2.82. The lowest BCUT2D eigenvalue weighted by Gasteiger charge is -2.16. The zero-order valence-corrected chi connectivity index (χ0v) is 13.0. The van der Waals surface area contributed by atoms with Gasteiger partial charge in [-0.1, -0.05) is 27.2 Å². The van der Waals surface area contributed by atoms with Gasteiger partial charge in [-0.25, -0.2) is 4.68 Å². The Morgan fingerprint density at radius 1 is 1.53 bits per heavy atom. The Kier molecular flexibility index (Phi) is 5.38. The molecule has 5 nitrogen and oxygen atoms in total. The number of nitrogens with zero attached hydrogens (tertiary/aromatic N) is 3. The molecular weight excluding hydrogens is 326 g/mol. The molecule has 1 aromatic carbocycles. The van der Waals surface area contributed by atoms with Crippen molar-refractivity contribution in [2.45, 2.75) is 24.4 Å². The van der Waals surface area contributed by atoms with E-state index in [1.54, 1.807) is 18.0 Å². The maximum absolute atomic E-state index is 5.64. The minimum absolute atomic E-state index is 0.0268. The van der Waals surface area contributed by atoms with E-state index in [4.69, 9.17) is 5.84 Å². The summed E-state index contributed by atoms with van der Waals surface area (Å²) in [5.41, 5.74) is 3.84. The highest BCUT2D eigenvalue weighted by Gasteiger charge is 2.15. The largest absolute Gasteiger partial charge is 0.271 e. The third-order valence-corrected chi connectivity index (χ3v) is 4.30. The standard InChI is InChI=1S/C12H16BrN5S/c1-2-18-12(7-15-17-18)11(16-14)8-19-10-5-3-4-9(13)6-10/h3-7,11,16H,2,8,14H2,1H3. The molecule has 0 saturated heterocycles. The first-order chi connectivity index (χ1) is 9.24. The molecule has 0 radical (unpaired) electrons. The Morgan fingerprint density at radius 2 is 2.37 bits per heavy atom. The van der Waals surface area contributed by atoms with E-state index >= 15 is 0 Å². The van der Waals surface area contributed by atoms with Crippen molar-refractivity contribution in [3.8, 4) is 0 Å². The molecule has 0 aliphatic heterocycles. The van der Waals surface area contributed by atoms with Gasteiger partial charge in [-0.2, -0.15) is 0 Å². The lowest BCUT2D eigenvalue weighted by molar-refractivity contribution is 0.521. The highest BCUT2D eigenvalue weighted by molar-refractivity contribution is 9.10. The molecule has 0 spiro atoms. The van der Waals surface area contributed by atoms with E-state index in [0.717, 1.165) is 22.5 Å². The molecule has 1 unspecified atom stereocenters. The molecule has 2 aromatic rings. The summed E-state index contributed by atoms with van der Waals surface area (Å²) in [6.07, 6.45) is 1.76. The van der Waals surface area contributed by atoms with Crippen LogP contribution < -0.4 is 11.3 Å². The second kappa shape index (κ2) is 7.04. The molecule has 0 aliphatic carbocycles. The number of hydrazine groups is 1. The number of thioether (sulfide) groups is 1. The molecule has 1 heterocycles. The van der Waals surface area contributed by atoms with Crippen LogP contribution in [0.5, 0.6) is 0 Å². The van der Waals surface area contributed by atoms with Crippen molar-refractivity contribution in [1.82, 2.24) is 20.4 Å². The second-order valence-electron chi connectivity index (χ2n) is 3.96. The predicted molar refractivity (Wildman–Crippen MR) is 80.6 cm³/mol. The first-order valence-corrected chi connectivity index (χ1v) is 7.75. The highest BCUT2D eigenvalue weighted by Crippen LogP contribution is 2.26. The Hall–Kier alpha value is -0.890. The summed E-state index contributed by atoms with van der Waals surface area (Å²) in [5.74, 6) is 6.46. The fraction of sp³-hybridized carbons (Fsp3) is 0.333. The van der Waals surface area contributed by atoms with Crippen LogP contribution in [-0.2, 0) is 6.54 Å². The molecule has 0 fully saturated rings. The van der Waals surface area contributed by atoms with Gasteiger partial charge in [0.05, 0.1) is 17.9 Å². The molecule has 7 heteroatoms. The molecule has 19 heavy (non-hydrogen) atoms. The van der Waals surface area contributed by atoms with Crippen molar-refractivity contribution in [3.05, 3.63) is 40.6 Å². The zero-order chi connectivity index (χ0) is 13.7. The third kappa shape index (κ3) is 3.79. The Bertz CT molecular complexity index is 530. The van der Waals surface area contributed by atoms with Crippen LogP contribution in [0.2, 0.25) is 0 Å². The maximum Gasteiger partial charge on any atom is 0.0778 e. The molecule has 2 rings (SSSR count). The third-order valence-electron chi connectivity index (χ3n) is 2.72. The van der Waals surface area contributed by atoms with Crippen LogP contribution in [-0.4, -0.2) is 20.7 Å². The van der Waals surface area contributed by atoms with Gasteiger partial charge in [0.1, 0.15) is 0 Å². The minimum atomic E-state index is 0.0268. The van der Waals surface area contributed by atoms with Gasteiger partial charge in [-0.05, 0) is 25.1 Å². The Balaban J connectivity index is 2.04. The van der Waals surface area contributed by atoms with E-state index in [1.165, 1.54) is 4.90 Å². The number of rotatable bonds is 6.